The van der Waals surface area contributed by atoms with Crippen LogP contribution in [0.3, 0.4) is 0 Å². The van der Waals surface area contributed by atoms with Gasteiger partial charge in [-0.05, 0) is 93.8 Å². The van der Waals surface area contributed by atoms with Crippen LogP contribution in [0.5, 0.6) is 0 Å². The summed E-state index contributed by atoms with van der Waals surface area (Å²) in [6, 6.07) is 1.94. The van der Waals surface area contributed by atoms with Gasteiger partial charge in [0.15, 0.2) is 0 Å². The highest BCUT2D eigenvalue weighted by atomic mass is 127. The van der Waals surface area contributed by atoms with Crippen molar-refractivity contribution in [3.05, 3.63) is 33.3 Å². The maximum Gasteiger partial charge on any atom is 0.410 e. The van der Waals surface area contributed by atoms with Crippen molar-refractivity contribution in [2.75, 3.05) is 20.7 Å². The second-order valence-electron chi connectivity index (χ2n) is 11.0. The number of aromatic nitrogens is 1. The van der Waals surface area contributed by atoms with E-state index < -0.39 is 53.8 Å². The highest BCUT2D eigenvalue weighted by Gasteiger charge is 2.42. The van der Waals surface area contributed by atoms with Crippen molar-refractivity contribution in [3.63, 3.8) is 0 Å². The Morgan fingerprint density at radius 1 is 1.31 bits per heavy atom. The van der Waals surface area contributed by atoms with Crippen LogP contribution in [-0.4, -0.2) is 94.4 Å². The van der Waals surface area contributed by atoms with Crippen molar-refractivity contribution in [2.45, 2.75) is 83.4 Å². The first-order valence-electron chi connectivity index (χ1n) is 12.9. The number of carbonyl (C=O) groups excluding carboxylic acids is 3. The van der Waals surface area contributed by atoms with Gasteiger partial charge in [-0.3, -0.25) is 14.5 Å². The minimum Gasteiger partial charge on any atom is -0.444 e. The Balaban J connectivity index is 1.80. The first-order valence-corrected chi connectivity index (χ1v) is 14.0. The number of aliphatic hydroxyl groups is 1. The SMILES string of the molecule is CO[C@H](C)[C@H](NC(=O)[C@H](C)N(C)C(=O)OC(C)(C)C)C(=O)N1CC[C@H](O)[C@H]1Cc1c(I)[nH]c2cc(F)ccc12. The van der Waals surface area contributed by atoms with Gasteiger partial charge in [-0.2, -0.15) is 0 Å². The molecule has 3 N–H and O–H groups in total. The van der Waals surface area contributed by atoms with E-state index in [0.717, 1.165) is 14.7 Å². The summed E-state index contributed by atoms with van der Waals surface area (Å²) >= 11 is 2.13. The van der Waals surface area contributed by atoms with Gasteiger partial charge in [0, 0.05) is 31.6 Å². The molecular weight excluding hydrogens is 622 g/mol. The van der Waals surface area contributed by atoms with Crippen molar-refractivity contribution in [3.8, 4) is 0 Å². The topological polar surface area (TPSA) is 124 Å². The Hall–Kier alpha value is -2.45. The smallest absolute Gasteiger partial charge is 0.410 e. The molecule has 1 aliphatic rings. The number of hydrogen-bond acceptors (Lipinski definition) is 6. The summed E-state index contributed by atoms with van der Waals surface area (Å²) in [5, 5.41) is 14.4. The van der Waals surface area contributed by atoms with E-state index in [2.05, 4.69) is 32.9 Å². The number of fused-ring (bicyclic) bond motifs is 1. The first kappa shape index (κ1) is 31.1. The van der Waals surface area contributed by atoms with Gasteiger partial charge in [0.25, 0.3) is 0 Å². The van der Waals surface area contributed by atoms with Crippen molar-refractivity contribution >= 4 is 51.4 Å². The van der Waals surface area contributed by atoms with Gasteiger partial charge in [0.05, 0.1) is 22.0 Å². The van der Waals surface area contributed by atoms with Crippen LogP contribution in [0.1, 0.15) is 46.6 Å². The highest BCUT2D eigenvalue weighted by molar-refractivity contribution is 14.1. The zero-order valence-corrected chi connectivity index (χ0v) is 25.5. The summed E-state index contributed by atoms with van der Waals surface area (Å²) in [4.78, 5) is 45.4. The molecule has 3 amide bonds. The van der Waals surface area contributed by atoms with Crippen LogP contribution in [0.4, 0.5) is 9.18 Å². The van der Waals surface area contributed by atoms with Crippen LogP contribution in [0.25, 0.3) is 10.9 Å². The number of H-pyrrole nitrogens is 1. The maximum atomic E-state index is 13.8. The molecule has 0 spiro atoms. The monoisotopic (exact) mass is 660 g/mol. The second kappa shape index (κ2) is 12.4. The molecule has 1 aromatic carbocycles. The Morgan fingerprint density at radius 3 is 2.59 bits per heavy atom. The molecule has 1 aromatic heterocycles. The molecule has 0 radical (unpaired) electrons. The predicted molar refractivity (Wildman–Crippen MR) is 153 cm³/mol. The molecule has 2 aromatic rings. The van der Waals surface area contributed by atoms with E-state index in [1.165, 1.54) is 31.2 Å². The van der Waals surface area contributed by atoms with E-state index in [0.29, 0.717) is 24.9 Å². The highest BCUT2D eigenvalue weighted by Crippen LogP contribution is 2.30. The number of likely N-dealkylation sites (N-methyl/N-ethyl adjacent to an activating group) is 1. The fourth-order valence-corrected chi connectivity index (χ4v) is 5.40. The number of carbonyl (C=O) groups is 3. The third-order valence-corrected chi connectivity index (χ3v) is 7.99. The van der Waals surface area contributed by atoms with Crippen molar-refractivity contribution in [2.24, 2.45) is 0 Å². The van der Waals surface area contributed by atoms with Gasteiger partial charge in [0.1, 0.15) is 23.5 Å². The normalized spacial score (nSPS) is 20.0. The van der Waals surface area contributed by atoms with Crippen molar-refractivity contribution in [1.82, 2.24) is 20.1 Å². The molecule has 0 saturated carbocycles. The minimum absolute atomic E-state index is 0.300. The molecular formula is C27H38FIN4O6. The van der Waals surface area contributed by atoms with Gasteiger partial charge >= 0.3 is 6.09 Å². The van der Waals surface area contributed by atoms with E-state index in [4.69, 9.17) is 9.47 Å². The third kappa shape index (κ3) is 7.20. The number of aromatic amines is 1. The number of nitrogens with one attached hydrogen (secondary N) is 2. The summed E-state index contributed by atoms with van der Waals surface area (Å²) in [7, 11) is 2.90. The number of halogens is 2. The number of ether oxygens (including phenoxy) is 2. The molecule has 0 bridgehead atoms. The van der Waals surface area contributed by atoms with E-state index in [1.54, 1.807) is 45.6 Å². The average molecular weight is 661 g/mol. The fourth-order valence-electron chi connectivity index (χ4n) is 4.60. The Bertz CT molecular complexity index is 1210. The maximum absolute atomic E-state index is 13.8. The molecule has 10 nitrogen and oxygen atoms in total. The first-order chi connectivity index (χ1) is 18.1. The summed E-state index contributed by atoms with van der Waals surface area (Å²) in [5.74, 6) is -1.30. The summed E-state index contributed by atoms with van der Waals surface area (Å²) < 4.78 is 25.3. The number of benzene rings is 1. The number of amides is 3. The predicted octanol–water partition coefficient (Wildman–Crippen LogP) is 3.19. The minimum atomic E-state index is -1.05. The molecule has 5 atom stereocenters. The molecule has 12 heteroatoms. The average Bonchev–Trinajstić information content (AvgIpc) is 3.37. The number of methoxy groups -OCH3 is 1. The van der Waals surface area contributed by atoms with Gasteiger partial charge in [-0.1, -0.05) is 0 Å². The van der Waals surface area contributed by atoms with Crippen LogP contribution in [-0.2, 0) is 25.5 Å². The van der Waals surface area contributed by atoms with Crippen LogP contribution in [0.2, 0.25) is 0 Å². The molecule has 1 aliphatic heterocycles. The number of nitrogens with zero attached hydrogens (tertiary/aromatic N) is 2. The molecule has 1 fully saturated rings. The van der Waals surface area contributed by atoms with E-state index in [9.17, 15) is 23.9 Å². The lowest BCUT2D eigenvalue weighted by Crippen LogP contribution is -2.59. The Labute approximate surface area is 241 Å². The van der Waals surface area contributed by atoms with Crippen LogP contribution < -0.4 is 5.32 Å². The molecule has 0 unspecified atom stereocenters. The van der Waals surface area contributed by atoms with Gasteiger partial charge in [0.2, 0.25) is 11.8 Å². The standard InChI is InChI=1S/C27H38FIN4O6/c1-14(32(6)26(37)39-27(3,4)5)24(35)31-22(15(2)38-7)25(36)33-11-10-21(34)20(33)13-18-17-9-8-16(28)12-19(17)30-23(18)29/h8-9,12,14-15,20-22,30,34H,10-11,13H2,1-7H3,(H,31,35)/t14-,15+,20+,21-,22-/m0/s1. The third-order valence-electron chi connectivity index (χ3n) is 7.07. The second-order valence-corrected chi connectivity index (χ2v) is 12.0. The molecule has 2 heterocycles. The molecule has 1 saturated heterocycles. The fraction of sp³-hybridized carbons (Fsp3) is 0.593. The molecule has 216 valence electrons. The summed E-state index contributed by atoms with van der Waals surface area (Å²) in [6.07, 6.45) is -1.40. The number of rotatable bonds is 8. The lowest BCUT2D eigenvalue weighted by molar-refractivity contribution is -0.142. The lowest BCUT2D eigenvalue weighted by Gasteiger charge is -2.34. The van der Waals surface area contributed by atoms with Crippen LogP contribution in [0.15, 0.2) is 18.2 Å². The van der Waals surface area contributed by atoms with E-state index in [-0.39, 0.29) is 5.82 Å². The quantitative estimate of drug-likeness (QED) is 0.374. The molecule has 0 aliphatic carbocycles. The summed E-state index contributed by atoms with van der Waals surface area (Å²) in [5.41, 5.74) is 0.788. The summed E-state index contributed by atoms with van der Waals surface area (Å²) in [6.45, 7) is 8.71. The van der Waals surface area contributed by atoms with Gasteiger partial charge in [-0.25, -0.2) is 9.18 Å². The van der Waals surface area contributed by atoms with Crippen LogP contribution in [0, 0.1) is 9.52 Å². The van der Waals surface area contributed by atoms with Crippen molar-refractivity contribution in [1.29, 1.82) is 0 Å². The number of aliphatic hydroxyl groups excluding tert-OH is 1. The van der Waals surface area contributed by atoms with Gasteiger partial charge in [-0.15, -0.1) is 0 Å². The van der Waals surface area contributed by atoms with Gasteiger partial charge < -0.3 is 29.8 Å². The van der Waals surface area contributed by atoms with Crippen molar-refractivity contribution < 1.29 is 33.4 Å². The number of hydrogen-bond donors (Lipinski definition) is 3. The molecule has 39 heavy (non-hydrogen) atoms. The van der Waals surface area contributed by atoms with E-state index >= 15 is 0 Å². The Morgan fingerprint density at radius 2 is 1.97 bits per heavy atom. The largest absolute Gasteiger partial charge is 0.444 e. The lowest BCUT2D eigenvalue weighted by atomic mass is 10.0. The number of likely N-dealkylation sites (tertiary alicyclic amines) is 1. The van der Waals surface area contributed by atoms with Crippen LogP contribution >= 0.6 is 22.6 Å². The van der Waals surface area contributed by atoms with E-state index in [1.807, 2.05) is 0 Å². The Kier molecular flexibility index (Phi) is 9.87. The zero-order chi connectivity index (χ0) is 29.2. The zero-order valence-electron chi connectivity index (χ0n) is 23.4. The molecule has 3 rings (SSSR count).